The fourth-order valence-corrected chi connectivity index (χ4v) is 1.67. The van der Waals surface area contributed by atoms with Crippen molar-refractivity contribution in [3.05, 3.63) is 50.7 Å². The van der Waals surface area contributed by atoms with E-state index in [1.165, 1.54) is 6.21 Å². The minimum Gasteiger partial charge on any atom is -0.494 e. The summed E-state index contributed by atoms with van der Waals surface area (Å²) in [6, 6.07) is 7.18. The average molecular weight is 332 g/mol. The minimum atomic E-state index is -0.727. The van der Waals surface area contributed by atoms with Gasteiger partial charge in [0.25, 0.3) is 11.5 Å². The standard InChI is InChI=1S/C14H16N6O4/c1-2-24-10-5-3-9(4-6-10)7-16-18-11(21)8-15-12-13(22)17-14(23)20-19-12/h3-7H,2,8H2,1H3,(H,15,19)(H,18,21)(H2,17,20,22,23)/b16-7+. The molecule has 4 N–H and O–H groups in total. The second-order valence-electron chi connectivity index (χ2n) is 4.50. The van der Waals surface area contributed by atoms with Crippen LogP contribution in [0.5, 0.6) is 5.75 Å². The van der Waals surface area contributed by atoms with E-state index in [9.17, 15) is 14.4 Å². The second kappa shape index (κ2) is 8.27. The van der Waals surface area contributed by atoms with Gasteiger partial charge in [-0.25, -0.2) is 15.3 Å². The summed E-state index contributed by atoms with van der Waals surface area (Å²) in [5, 5.41) is 11.8. The van der Waals surface area contributed by atoms with E-state index in [0.29, 0.717) is 6.61 Å². The Balaban J connectivity index is 1.82. The first-order valence-electron chi connectivity index (χ1n) is 7.06. The van der Waals surface area contributed by atoms with Crippen LogP contribution in [0.2, 0.25) is 0 Å². The zero-order valence-corrected chi connectivity index (χ0v) is 12.8. The van der Waals surface area contributed by atoms with Crippen LogP contribution in [0, 0.1) is 0 Å². The normalized spacial score (nSPS) is 10.5. The molecule has 0 bridgehead atoms. The Kier molecular flexibility index (Phi) is 5.83. The van der Waals surface area contributed by atoms with Crippen LogP contribution < -0.4 is 26.7 Å². The zero-order valence-electron chi connectivity index (χ0n) is 12.8. The molecule has 0 aliphatic rings. The molecule has 1 amide bonds. The minimum absolute atomic E-state index is 0.166. The van der Waals surface area contributed by atoms with Crippen molar-refractivity contribution in [1.82, 2.24) is 20.6 Å². The van der Waals surface area contributed by atoms with E-state index in [4.69, 9.17) is 4.74 Å². The number of aromatic nitrogens is 3. The lowest BCUT2D eigenvalue weighted by atomic mass is 10.2. The van der Waals surface area contributed by atoms with Crippen LogP contribution in [0.4, 0.5) is 5.82 Å². The first-order chi connectivity index (χ1) is 11.6. The molecule has 126 valence electrons. The van der Waals surface area contributed by atoms with E-state index in [1.807, 2.05) is 17.0 Å². The van der Waals surface area contributed by atoms with Gasteiger partial charge in [-0.1, -0.05) is 0 Å². The summed E-state index contributed by atoms with van der Waals surface area (Å²) in [5.41, 5.74) is 1.63. The maximum Gasteiger partial charge on any atom is 0.342 e. The Morgan fingerprint density at radius 1 is 1.33 bits per heavy atom. The zero-order chi connectivity index (χ0) is 17.4. The third-order valence-corrected chi connectivity index (χ3v) is 2.72. The van der Waals surface area contributed by atoms with Crippen LogP contribution in [-0.2, 0) is 4.79 Å². The Morgan fingerprint density at radius 2 is 2.08 bits per heavy atom. The largest absolute Gasteiger partial charge is 0.494 e. The van der Waals surface area contributed by atoms with Crippen LogP contribution >= 0.6 is 0 Å². The van der Waals surface area contributed by atoms with Crippen molar-refractivity contribution < 1.29 is 9.53 Å². The third kappa shape index (κ3) is 5.09. The monoisotopic (exact) mass is 332 g/mol. The van der Waals surface area contributed by atoms with Crippen LogP contribution in [0.3, 0.4) is 0 Å². The molecule has 24 heavy (non-hydrogen) atoms. The Morgan fingerprint density at radius 3 is 2.75 bits per heavy atom. The number of H-pyrrole nitrogens is 2. The van der Waals surface area contributed by atoms with Gasteiger partial charge in [0.15, 0.2) is 0 Å². The molecule has 0 aliphatic heterocycles. The molecule has 0 fully saturated rings. The molecule has 1 aromatic carbocycles. The van der Waals surface area contributed by atoms with Crippen molar-refractivity contribution in [2.75, 3.05) is 18.5 Å². The molecule has 0 unspecified atom stereocenters. The highest BCUT2D eigenvalue weighted by molar-refractivity contribution is 5.84. The van der Waals surface area contributed by atoms with Crippen molar-refractivity contribution in [1.29, 1.82) is 0 Å². The van der Waals surface area contributed by atoms with Gasteiger partial charge in [0.1, 0.15) is 5.75 Å². The summed E-state index contributed by atoms with van der Waals surface area (Å²) in [5.74, 6) is 0.103. The molecule has 1 aromatic heterocycles. The number of carbonyl (C=O) groups excluding carboxylic acids is 1. The highest BCUT2D eigenvalue weighted by Gasteiger charge is 2.04. The lowest BCUT2D eigenvalue weighted by Gasteiger charge is -2.03. The maximum absolute atomic E-state index is 11.6. The van der Waals surface area contributed by atoms with Gasteiger partial charge in [-0.2, -0.15) is 5.10 Å². The summed E-state index contributed by atoms with van der Waals surface area (Å²) < 4.78 is 5.32. The van der Waals surface area contributed by atoms with Gasteiger partial charge in [-0.05, 0) is 36.8 Å². The summed E-state index contributed by atoms with van der Waals surface area (Å²) >= 11 is 0. The number of rotatable bonds is 7. The molecule has 0 atom stereocenters. The number of ether oxygens (including phenoxy) is 1. The first-order valence-corrected chi connectivity index (χ1v) is 7.06. The molecular weight excluding hydrogens is 316 g/mol. The van der Waals surface area contributed by atoms with Gasteiger partial charge in [-0.15, -0.1) is 5.10 Å². The number of aromatic amines is 2. The second-order valence-corrected chi connectivity index (χ2v) is 4.50. The summed E-state index contributed by atoms with van der Waals surface area (Å²) in [6.07, 6.45) is 1.47. The van der Waals surface area contributed by atoms with E-state index in [2.05, 4.69) is 20.9 Å². The SMILES string of the molecule is CCOc1ccc(/C=N/NC(=O)CNc2n[nH]c(=O)[nH]c2=O)cc1. The lowest BCUT2D eigenvalue weighted by Crippen LogP contribution is -2.31. The quantitative estimate of drug-likeness (QED) is 0.395. The van der Waals surface area contributed by atoms with Crippen LogP contribution in [0.1, 0.15) is 12.5 Å². The molecule has 0 saturated carbocycles. The van der Waals surface area contributed by atoms with Crippen molar-refractivity contribution >= 4 is 17.9 Å². The van der Waals surface area contributed by atoms with Gasteiger partial charge in [0.05, 0.1) is 19.4 Å². The smallest absolute Gasteiger partial charge is 0.342 e. The topological polar surface area (TPSA) is 141 Å². The van der Waals surface area contributed by atoms with Crippen LogP contribution in [0.25, 0.3) is 0 Å². The van der Waals surface area contributed by atoms with Gasteiger partial charge >= 0.3 is 5.69 Å². The van der Waals surface area contributed by atoms with Crippen molar-refractivity contribution in [3.63, 3.8) is 0 Å². The van der Waals surface area contributed by atoms with Crippen LogP contribution in [0.15, 0.2) is 39.0 Å². The third-order valence-electron chi connectivity index (χ3n) is 2.72. The van der Waals surface area contributed by atoms with Crippen molar-refractivity contribution in [2.24, 2.45) is 5.10 Å². The Labute approximate surface area is 136 Å². The van der Waals surface area contributed by atoms with E-state index < -0.39 is 17.2 Å². The number of hydrogen-bond donors (Lipinski definition) is 4. The van der Waals surface area contributed by atoms with E-state index in [0.717, 1.165) is 11.3 Å². The van der Waals surface area contributed by atoms with Crippen LogP contribution in [-0.4, -0.2) is 40.5 Å². The molecule has 10 nitrogen and oxygen atoms in total. The molecular formula is C14H16N6O4. The molecule has 10 heteroatoms. The highest BCUT2D eigenvalue weighted by atomic mass is 16.5. The summed E-state index contributed by atoms with van der Waals surface area (Å²) in [7, 11) is 0. The first kappa shape index (κ1) is 16.9. The lowest BCUT2D eigenvalue weighted by molar-refractivity contribution is -0.119. The number of amides is 1. The molecule has 0 spiro atoms. The predicted molar refractivity (Wildman–Crippen MR) is 87.3 cm³/mol. The number of nitrogens with one attached hydrogen (secondary N) is 4. The summed E-state index contributed by atoms with van der Waals surface area (Å²) in [6.45, 7) is 2.25. The van der Waals surface area contributed by atoms with Crippen molar-refractivity contribution in [3.8, 4) is 5.75 Å². The average Bonchev–Trinajstić information content (AvgIpc) is 2.56. The summed E-state index contributed by atoms with van der Waals surface area (Å²) in [4.78, 5) is 35.7. The maximum atomic E-state index is 11.6. The van der Waals surface area contributed by atoms with Gasteiger partial charge in [0, 0.05) is 0 Å². The fourth-order valence-electron chi connectivity index (χ4n) is 1.67. The number of carbonyl (C=O) groups is 1. The number of hydrogen-bond acceptors (Lipinski definition) is 7. The number of hydrazone groups is 1. The number of anilines is 1. The molecule has 2 aromatic rings. The fraction of sp³-hybridized carbons (Fsp3) is 0.214. The van der Waals surface area contributed by atoms with Gasteiger partial charge < -0.3 is 10.1 Å². The van der Waals surface area contributed by atoms with Gasteiger partial charge in [-0.3, -0.25) is 14.6 Å². The van der Waals surface area contributed by atoms with E-state index in [1.54, 1.807) is 24.3 Å². The Bertz CT molecular complexity index is 824. The molecule has 0 aliphatic carbocycles. The highest BCUT2D eigenvalue weighted by Crippen LogP contribution is 2.10. The van der Waals surface area contributed by atoms with Crippen molar-refractivity contribution in [2.45, 2.75) is 6.92 Å². The molecule has 0 saturated heterocycles. The molecule has 0 radical (unpaired) electrons. The number of benzene rings is 1. The molecule has 1 heterocycles. The number of nitrogens with zero attached hydrogens (tertiary/aromatic N) is 2. The van der Waals surface area contributed by atoms with E-state index >= 15 is 0 Å². The van der Waals surface area contributed by atoms with Gasteiger partial charge in [0.2, 0.25) is 5.82 Å². The Hall–Kier alpha value is -3.43. The predicted octanol–water partition coefficient (Wildman–Crippen LogP) is -0.581. The molecule has 2 rings (SSSR count). The van der Waals surface area contributed by atoms with E-state index in [-0.39, 0.29) is 12.4 Å².